The molecule has 2 unspecified atom stereocenters. The second-order valence-electron chi connectivity index (χ2n) is 8.48. The third kappa shape index (κ3) is 9.69. The zero-order chi connectivity index (χ0) is 25.0. The van der Waals surface area contributed by atoms with Crippen LogP contribution in [0, 0.1) is 0 Å². The lowest BCUT2D eigenvalue weighted by atomic mass is 10.1. The fraction of sp³-hybridized carbons (Fsp3) is 0.520. The van der Waals surface area contributed by atoms with Crippen LogP contribution in [0.15, 0.2) is 47.4 Å². The fourth-order valence-corrected chi connectivity index (χ4v) is 4.24. The highest BCUT2D eigenvalue weighted by Gasteiger charge is 2.14. The van der Waals surface area contributed by atoms with Crippen LogP contribution in [0.5, 0.6) is 5.75 Å². The van der Waals surface area contributed by atoms with Gasteiger partial charge in [0.05, 0.1) is 17.6 Å². The first-order valence-corrected chi connectivity index (χ1v) is 13.4. The van der Waals surface area contributed by atoms with Gasteiger partial charge in [-0.3, -0.25) is 5.32 Å². The van der Waals surface area contributed by atoms with Crippen molar-refractivity contribution in [2.75, 3.05) is 13.2 Å². The Morgan fingerprint density at radius 2 is 1.88 bits per heavy atom. The molecule has 0 aliphatic carbocycles. The summed E-state index contributed by atoms with van der Waals surface area (Å²) in [5, 5.41) is 38.0. The molecule has 190 valence electrons. The summed E-state index contributed by atoms with van der Waals surface area (Å²) in [7, 11) is -3.70. The van der Waals surface area contributed by atoms with Crippen LogP contribution in [-0.4, -0.2) is 43.1 Å². The zero-order valence-corrected chi connectivity index (χ0v) is 20.6. The SMILES string of the molecule is CCCCCC(NCC(O)c1ccc(O)c(CO)c1)OCCCCc1cccc(S(N)(=O)=O)c1. The molecule has 0 heterocycles. The van der Waals surface area contributed by atoms with Crippen LogP contribution in [0.3, 0.4) is 0 Å². The molecule has 0 aromatic heterocycles. The molecule has 0 radical (unpaired) electrons. The summed E-state index contributed by atoms with van der Waals surface area (Å²) in [5.41, 5.74) is 1.91. The molecular weight excluding hydrogens is 456 g/mol. The van der Waals surface area contributed by atoms with Gasteiger partial charge in [0.2, 0.25) is 10.0 Å². The molecule has 34 heavy (non-hydrogen) atoms. The van der Waals surface area contributed by atoms with E-state index in [9.17, 15) is 23.7 Å². The number of aromatic hydroxyl groups is 1. The van der Waals surface area contributed by atoms with E-state index in [2.05, 4.69) is 12.2 Å². The molecule has 0 aliphatic rings. The molecule has 0 spiro atoms. The van der Waals surface area contributed by atoms with Crippen molar-refractivity contribution in [3.8, 4) is 5.75 Å². The van der Waals surface area contributed by atoms with Gasteiger partial charge < -0.3 is 20.1 Å². The van der Waals surface area contributed by atoms with Crippen molar-refractivity contribution in [3.05, 3.63) is 59.2 Å². The maximum atomic E-state index is 11.5. The van der Waals surface area contributed by atoms with Crippen LogP contribution in [-0.2, 0) is 27.8 Å². The van der Waals surface area contributed by atoms with Gasteiger partial charge in [0.15, 0.2) is 0 Å². The van der Waals surface area contributed by atoms with Gasteiger partial charge in [-0.2, -0.15) is 0 Å². The first-order valence-electron chi connectivity index (χ1n) is 11.8. The van der Waals surface area contributed by atoms with Crippen molar-refractivity contribution >= 4 is 10.0 Å². The number of nitrogens with two attached hydrogens (primary N) is 1. The van der Waals surface area contributed by atoms with Crippen LogP contribution in [0.1, 0.15) is 68.2 Å². The number of aryl methyl sites for hydroxylation is 1. The molecule has 2 aromatic carbocycles. The Hall–Kier alpha value is -2.01. The van der Waals surface area contributed by atoms with Crippen LogP contribution < -0.4 is 10.5 Å². The lowest BCUT2D eigenvalue weighted by Gasteiger charge is -2.22. The molecule has 0 saturated heterocycles. The van der Waals surface area contributed by atoms with Crippen molar-refractivity contribution in [3.63, 3.8) is 0 Å². The van der Waals surface area contributed by atoms with Gasteiger partial charge in [0.1, 0.15) is 12.0 Å². The molecule has 8 nitrogen and oxygen atoms in total. The van der Waals surface area contributed by atoms with Gasteiger partial charge in [-0.25, -0.2) is 13.6 Å². The van der Waals surface area contributed by atoms with Gasteiger partial charge in [-0.15, -0.1) is 0 Å². The number of rotatable bonds is 16. The number of aliphatic hydroxyl groups is 2. The van der Waals surface area contributed by atoms with E-state index in [0.29, 0.717) is 17.7 Å². The van der Waals surface area contributed by atoms with E-state index in [-0.39, 0.29) is 30.0 Å². The minimum atomic E-state index is -3.70. The van der Waals surface area contributed by atoms with Gasteiger partial charge in [0.25, 0.3) is 0 Å². The summed E-state index contributed by atoms with van der Waals surface area (Å²) in [6.45, 7) is 2.67. The van der Waals surface area contributed by atoms with Crippen LogP contribution in [0.2, 0.25) is 0 Å². The Bertz CT molecular complexity index is 983. The standard InChI is InChI=1S/C25H38N2O6S/c1-2-3-4-11-25(27-17-24(30)20-12-13-23(29)21(16-20)18-28)33-14-6-5-8-19-9-7-10-22(15-19)34(26,31)32/h7,9-10,12-13,15-16,24-25,27-30H,2-6,8,11,14,17-18H2,1H3,(H2,26,31,32). The Morgan fingerprint density at radius 3 is 2.59 bits per heavy atom. The normalized spacial score (nSPS) is 13.6. The number of ether oxygens (including phenoxy) is 1. The fourth-order valence-electron chi connectivity index (χ4n) is 3.66. The van der Waals surface area contributed by atoms with E-state index < -0.39 is 16.1 Å². The number of unbranched alkanes of at least 4 members (excludes halogenated alkanes) is 3. The third-order valence-corrected chi connectivity index (χ3v) is 6.58. The summed E-state index contributed by atoms with van der Waals surface area (Å²) < 4.78 is 29.0. The molecule has 0 fully saturated rings. The number of hydrogen-bond acceptors (Lipinski definition) is 7. The first kappa shape index (κ1) is 28.2. The van der Waals surface area contributed by atoms with E-state index in [1.807, 2.05) is 6.07 Å². The highest BCUT2D eigenvalue weighted by atomic mass is 32.2. The lowest BCUT2D eigenvalue weighted by Crippen LogP contribution is -2.35. The minimum Gasteiger partial charge on any atom is -0.508 e. The molecule has 2 aromatic rings. The van der Waals surface area contributed by atoms with E-state index >= 15 is 0 Å². The topological polar surface area (TPSA) is 142 Å². The minimum absolute atomic E-state index is 0.00330. The van der Waals surface area contributed by atoms with Crippen LogP contribution in [0.25, 0.3) is 0 Å². The number of primary sulfonamides is 1. The van der Waals surface area contributed by atoms with Crippen molar-refractivity contribution in [2.24, 2.45) is 5.14 Å². The molecule has 0 amide bonds. The van der Waals surface area contributed by atoms with Gasteiger partial charge >= 0.3 is 0 Å². The predicted molar refractivity (Wildman–Crippen MR) is 132 cm³/mol. The first-order chi connectivity index (χ1) is 16.2. The molecule has 9 heteroatoms. The number of benzene rings is 2. The Balaban J connectivity index is 1.81. The molecule has 0 saturated carbocycles. The Labute approximate surface area is 202 Å². The second kappa shape index (κ2) is 14.4. The van der Waals surface area contributed by atoms with E-state index in [0.717, 1.165) is 50.5 Å². The number of hydrogen-bond donors (Lipinski definition) is 5. The predicted octanol–water partition coefficient (Wildman–Crippen LogP) is 3.10. The molecular formula is C25H38N2O6S. The van der Waals surface area contributed by atoms with Crippen molar-refractivity contribution in [1.82, 2.24) is 5.32 Å². The number of nitrogens with one attached hydrogen (secondary N) is 1. The summed E-state index contributed by atoms with van der Waals surface area (Å²) >= 11 is 0. The zero-order valence-electron chi connectivity index (χ0n) is 19.8. The lowest BCUT2D eigenvalue weighted by molar-refractivity contribution is 0.0114. The molecule has 2 rings (SSSR count). The van der Waals surface area contributed by atoms with Gasteiger partial charge in [-0.05, 0) is 67.5 Å². The highest BCUT2D eigenvalue weighted by molar-refractivity contribution is 7.89. The average Bonchev–Trinajstić information content (AvgIpc) is 2.81. The number of sulfonamides is 1. The van der Waals surface area contributed by atoms with E-state index in [1.54, 1.807) is 24.3 Å². The summed E-state index contributed by atoms with van der Waals surface area (Å²) in [5.74, 6) is 0.00330. The maximum absolute atomic E-state index is 11.5. The monoisotopic (exact) mass is 494 g/mol. The van der Waals surface area contributed by atoms with Crippen molar-refractivity contribution < 1.29 is 28.5 Å². The molecule has 0 aliphatic heterocycles. The highest BCUT2D eigenvalue weighted by Crippen LogP contribution is 2.22. The van der Waals surface area contributed by atoms with Crippen molar-refractivity contribution in [1.29, 1.82) is 0 Å². The number of aliphatic hydroxyl groups excluding tert-OH is 2. The van der Waals surface area contributed by atoms with Crippen LogP contribution in [0.4, 0.5) is 0 Å². The average molecular weight is 495 g/mol. The van der Waals surface area contributed by atoms with E-state index in [1.165, 1.54) is 12.1 Å². The number of phenols is 1. The molecule has 2 atom stereocenters. The van der Waals surface area contributed by atoms with Gasteiger partial charge in [-0.1, -0.05) is 38.0 Å². The Morgan fingerprint density at radius 1 is 1.09 bits per heavy atom. The smallest absolute Gasteiger partial charge is 0.238 e. The Kier molecular flexibility index (Phi) is 12.0. The van der Waals surface area contributed by atoms with E-state index in [4.69, 9.17) is 9.88 Å². The van der Waals surface area contributed by atoms with Crippen LogP contribution >= 0.6 is 0 Å². The summed E-state index contributed by atoms with van der Waals surface area (Å²) in [6.07, 6.45) is 5.44. The molecule has 6 N–H and O–H groups in total. The maximum Gasteiger partial charge on any atom is 0.238 e. The van der Waals surface area contributed by atoms with Gasteiger partial charge in [0, 0.05) is 18.7 Å². The largest absolute Gasteiger partial charge is 0.508 e. The second-order valence-corrected chi connectivity index (χ2v) is 10.0. The van der Waals surface area contributed by atoms with Crippen molar-refractivity contribution in [2.45, 2.75) is 75.7 Å². The molecule has 0 bridgehead atoms. The summed E-state index contributed by atoms with van der Waals surface area (Å²) in [6, 6.07) is 11.4. The third-order valence-electron chi connectivity index (χ3n) is 5.67. The summed E-state index contributed by atoms with van der Waals surface area (Å²) in [4.78, 5) is 0.125. The quantitative estimate of drug-likeness (QED) is 0.178.